The Morgan fingerprint density at radius 1 is 1.19 bits per heavy atom. The Labute approximate surface area is 126 Å². The number of aryl methyl sites for hydroxylation is 1. The minimum atomic E-state index is -3.73. The van der Waals surface area contributed by atoms with Gasteiger partial charge < -0.3 is 5.11 Å². The molecule has 0 unspecified atom stereocenters. The lowest BCUT2D eigenvalue weighted by Crippen LogP contribution is -2.45. The maximum absolute atomic E-state index is 12.7. The minimum absolute atomic E-state index is 0.0843. The molecule has 7 heteroatoms. The van der Waals surface area contributed by atoms with Crippen molar-refractivity contribution in [3.63, 3.8) is 0 Å². The summed E-state index contributed by atoms with van der Waals surface area (Å²) in [4.78, 5) is 10.8. The number of aliphatic carboxylic acids is 1. The van der Waals surface area contributed by atoms with Crippen LogP contribution in [0.3, 0.4) is 0 Å². The molecule has 0 atom stereocenters. The predicted octanol–water partition coefficient (Wildman–Crippen LogP) is 1.86. The molecular weight excluding hydrogens is 292 g/mol. The number of hydrogen-bond donors (Lipinski definition) is 1. The van der Waals surface area contributed by atoms with Crippen LogP contribution in [0.15, 0.2) is 24.3 Å². The van der Waals surface area contributed by atoms with Crippen LogP contribution in [0.1, 0.15) is 25.8 Å². The van der Waals surface area contributed by atoms with Crippen molar-refractivity contribution in [2.24, 2.45) is 0 Å². The number of carbonyl (C=O) groups is 1. The van der Waals surface area contributed by atoms with Crippen LogP contribution >= 0.6 is 0 Å². The summed E-state index contributed by atoms with van der Waals surface area (Å²) < 4.78 is 27.9. The first-order valence-corrected chi connectivity index (χ1v) is 8.29. The van der Waals surface area contributed by atoms with Gasteiger partial charge in [-0.15, -0.1) is 0 Å². The molecule has 0 aromatic heterocycles. The van der Waals surface area contributed by atoms with E-state index in [0.29, 0.717) is 18.8 Å². The van der Waals surface area contributed by atoms with E-state index in [1.54, 1.807) is 39.0 Å². The molecule has 1 aromatic carbocycles. The second-order valence-corrected chi connectivity index (χ2v) is 6.45. The summed E-state index contributed by atoms with van der Waals surface area (Å²) in [6.45, 7) is 5.92. The lowest BCUT2D eigenvalue weighted by atomic mass is 10.2. The molecule has 0 radical (unpaired) electrons. The number of benzene rings is 1. The molecule has 1 rings (SSSR count). The number of para-hydroxylation sites is 1. The molecule has 0 bridgehead atoms. The van der Waals surface area contributed by atoms with Gasteiger partial charge in [-0.1, -0.05) is 32.0 Å². The molecule has 0 aliphatic heterocycles. The van der Waals surface area contributed by atoms with E-state index in [9.17, 15) is 13.2 Å². The fraction of sp³-hybridized carbons (Fsp3) is 0.500. The van der Waals surface area contributed by atoms with Crippen LogP contribution in [0, 0.1) is 6.92 Å². The van der Waals surface area contributed by atoms with Crippen molar-refractivity contribution < 1.29 is 18.3 Å². The number of carboxylic acids is 1. The smallest absolute Gasteiger partial charge is 0.305 e. The van der Waals surface area contributed by atoms with Gasteiger partial charge in [0.25, 0.3) is 0 Å². The SMILES string of the molecule is CCN(CC)S(=O)(=O)N(CCC(=O)O)c1ccccc1C. The van der Waals surface area contributed by atoms with Crippen LogP contribution < -0.4 is 4.31 Å². The van der Waals surface area contributed by atoms with E-state index in [-0.39, 0.29) is 13.0 Å². The van der Waals surface area contributed by atoms with Gasteiger partial charge in [-0.25, -0.2) is 0 Å². The van der Waals surface area contributed by atoms with Crippen LogP contribution in [-0.2, 0) is 15.0 Å². The number of hydrogen-bond acceptors (Lipinski definition) is 3. The van der Waals surface area contributed by atoms with Gasteiger partial charge >= 0.3 is 16.2 Å². The molecule has 0 saturated heterocycles. The van der Waals surface area contributed by atoms with Gasteiger partial charge in [0.2, 0.25) is 0 Å². The fourth-order valence-electron chi connectivity index (χ4n) is 2.09. The van der Waals surface area contributed by atoms with Gasteiger partial charge in [-0.05, 0) is 18.6 Å². The Morgan fingerprint density at radius 3 is 2.24 bits per heavy atom. The van der Waals surface area contributed by atoms with Crippen molar-refractivity contribution in [1.29, 1.82) is 0 Å². The molecule has 6 nitrogen and oxygen atoms in total. The number of rotatable bonds is 8. The molecule has 0 saturated carbocycles. The molecule has 21 heavy (non-hydrogen) atoms. The van der Waals surface area contributed by atoms with Gasteiger partial charge in [-0.2, -0.15) is 12.7 Å². The Hall–Kier alpha value is -1.60. The van der Waals surface area contributed by atoms with Crippen molar-refractivity contribution in [2.75, 3.05) is 23.9 Å². The summed E-state index contributed by atoms with van der Waals surface area (Å²) >= 11 is 0. The molecule has 0 spiro atoms. The van der Waals surface area contributed by atoms with Crippen molar-refractivity contribution in [1.82, 2.24) is 4.31 Å². The predicted molar refractivity (Wildman–Crippen MR) is 82.6 cm³/mol. The standard InChI is InChI=1S/C14H22N2O4S/c1-4-15(5-2)21(19,20)16(11-10-14(17)18)13-9-7-6-8-12(13)3/h6-9H,4-5,10-11H2,1-3H3,(H,17,18). The second-order valence-electron chi connectivity index (χ2n) is 4.59. The van der Waals surface area contributed by atoms with E-state index in [0.717, 1.165) is 5.56 Å². The maximum atomic E-state index is 12.7. The highest BCUT2D eigenvalue weighted by molar-refractivity contribution is 7.90. The summed E-state index contributed by atoms with van der Waals surface area (Å²) in [5.41, 5.74) is 1.31. The summed E-state index contributed by atoms with van der Waals surface area (Å²) in [5, 5.41) is 8.86. The third-order valence-electron chi connectivity index (χ3n) is 3.22. The topological polar surface area (TPSA) is 77.9 Å². The third-order valence-corrected chi connectivity index (χ3v) is 5.33. The zero-order chi connectivity index (χ0) is 16.0. The molecule has 0 amide bonds. The fourth-order valence-corrected chi connectivity index (χ4v) is 3.80. The second kappa shape index (κ2) is 7.42. The molecule has 0 aliphatic carbocycles. The Balaban J connectivity index is 3.26. The number of carboxylic acid groups (broad SMARTS) is 1. The largest absolute Gasteiger partial charge is 0.481 e. The van der Waals surface area contributed by atoms with Crippen molar-refractivity contribution in [3.05, 3.63) is 29.8 Å². The van der Waals surface area contributed by atoms with E-state index in [2.05, 4.69) is 0 Å². The van der Waals surface area contributed by atoms with Gasteiger partial charge in [0, 0.05) is 19.6 Å². The first kappa shape index (κ1) is 17.5. The summed E-state index contributed by atoms with van der Waals surface area (Å²) in [6.07, 6.45) is -0.241. The highest BCUT2D eigenvalue weighted by Gasteiger charge is 2.29. The normalized spacial score (nSPS) is 11.6. The molecule has 1 N–H and O–H groups in total. The molecule has 1 aromatic rings. The first-order valence-electron chi connectivity index (χ1n) is 6.89. The van der Waals surface area contributed by atoms with Crippen LogP contribution in [0.5, 0.6) is 0 Å². The summed E-state index contributed by atoms with van der Waals surface area (Å²) in [7, 11) is -3.73. The zero-order valence-corrected chi connectivity index (χ0v) is 13.4. The summed E-state index contributed by atoms with van der Waals surface area (Å²) in [6, 6.07) is 7.06. The Kier molecular flexibility index (Phi) is 6.17. The third kappa shape index (κ3) is 4.18. The number of anilines is 1. The molecular formula is C14H22N2O4S. The van der Waals surface area contributed by atoms with Gasteiger partial charge in [0.1, 0.15) is 0 Å². The lowest BCUT2D eigenvalue weighted by molar-refractivity contribution is -0.136. The minimum Gasteiger partial charge on any atom is -0.481 e. The van der Waals surface area contributed by atoms with E-state index in [4.69, 9.17) is 5.11 Å². The van der Waals surface area contributed by atoms with Crippen molar-refractivity contribution in [2.45, 2.75) is 27.2 Å². The quantitative estimate of drug-likeness (QED) is 0.794. The monoisotopic (exact) mass is 314 g/mol. The van der Waals surface area contributed by atoms with Crippen LogP contribution in [0.4, 0.5) is 5.69 Å². The van der Waals surface area contributed by atoms with E-state index >= 15 is 0 Å². The van der Waals surface area contributed by atoms with Crippen LogP contribution in [0.2, 0.25) is 0 Å². The van der Waals surface area contributed by atoms with Gasteiger partial charge in [-0.3, -0.25) is 9.10 Å². The van der Waals surface area contributed by atoms with Crippen molar-refractivity contribution >= 4 is 21.9 Å². The molecule has 0 heterocycles. The average molecular weight is 314 g/mol. The number of nitrogens with zero attached hydrogens (tertiary/aromatic N) is 2. The van der Waals surface area contributed by atoms with E-state index < -0.39 is 16.2 Å². The molecule has 0 aliphatic rings. The van der Waals surface area contributed by atoms with Crippen molar-refractivity contribution in [3.8, 4) is 0 Å². The van der Waals surface area contributed by atoms with Gasteiger partial charge in [0.05, 0.1) is 12.1 Å². The van der Waals surface area contributed by atoms with Gasteiger partial charge in [0.15, 0.2) is 0 Å². The molecule has 118 valence electrons. The molecule has 0 fully saturated rings. The highest BCUT2D eigenvalue weighted by Crippen LogP contribution is 2.24. The van der Waals surface area contributed by atoms with E-state index in [1.807, 2.05) is 6.07 Å². The highest BCUT2D eigenvalue weighted by atomic mass is 32.2. The maximum Gasteiger partial charge on any atom is 0.305 e. The van der Waals surface area contributed by atoms with Crippen LogP contribution in [0.25, 0.3) is 0 Å². The Morgan fingerprint density at radius 2 is 1.76 bits per heavy atom. The Bertz CT molecular complexity index is 582. The summed E-state index contributed by atoms with van der Waals surface area (Å²) in [5.74, 6) is -1.02. The lowest BCUT2D eigenvalue weighted by Gasteiger charge is -2.30. The van der Waals surface area contributed by atoms with Crippen LogP contribution in [-0.4, -0.2) is 43.4 Å². The average Bonchev–Trinajstić information content (AvgIpc) is 2.41. The van der Waals surface area contributed by atoms with E-state index in [1.165, 1.54) is 8.61 Å². The zero-order valence-electron chi connectivity index (χ0n) is 12.6. The first-order chi connectivity index (χ1) is 9.84.